The maximum absolute atomic E-state index is 15.8. The summed E-state index contributed by atoms with van der Waals surface area (Å²) in [4.78, 5) is 24.0. The van der Waals surface area contributed by atoms with Crippen LogP contribution in [0.5, 0.6) is 17.2 Å². The lowest BCUT2D eigenvalue weighted by atomic mass is 9.95. The number of amides is 2. The van der Waals surface area contributed by atoms with Gasteiger partial charge in [-0.1, -0.05) is 60.7 Å². The summed E-state index contributed by atoms with van der Waals surface area (Å²) >= 11 is 0. The highest BCUT2D eigenvalue weighted by Gasteiger charge is 2.39. The Balaban J connectivity index is 1.50. The molecule has 1 aromatic heterocycles. The van der Waals surface area contributed by atoms with Crippen LogP contribution in [0.2, 0.25) is 0 Å². The molecule has 1 aliphatic heterocycles. The van der Waals surface area contributed by atoms with Gasteiger partial charge in [0.25, 0.3) is 5.91 Å². The molecule has 1 aliphatic rings. The lowest BCUT2D eigenvalue weighted by Gasteiger charge is -2.26. The fourth-order valence-corrected chi connectivity index (χ4v) is 10.6. The summed E-state index contributed by atoms with van der Waals surface area (Å²) in [6, 6.07) is 27.5. The second kappa shape index (κ2) is 18.0. The van der Waals surface area contributed by atoms with Crippen molar-refractivity contribution < 1.29 is 50.8 Å². The maximum atomic E-state index is 15.8. The predicted octanol–water partition coefficient (Wildman–Crippen LogP) is 4.50. The number of sulfone groups is 1. The second-order valence-corrected chi connectivity index (χ2v) is 17.9. The van der Waals surface area contributed by atoms with Crippen LogP contribution in [-0.2, 0) is 44.3 Å². The Kier molecular flexibility index (Phi) is 12.6. The van der Waals surface area contributed by atoms with E-state index in [0.29, 0.717) is 28.4 Å². The van der Waals surface area contributed by atoms with Crippen molar-refractivity contribution in [3.63, 3.8) is 0 Å². The summed E-state index contributed by atoms with van der Waals surface area (Å²) in [6.45, 7) is -1.02. The molecular weight excluding hydrogens is 843 g/mol. The van der Waals surface area contributed by atoms with Crippen molar-refractivity contribution in [3.8, 4) is 39.8 Å². The van der Waals surface area contributed by atoms with Crippen molar-refractivity contribution in [2.24, 2.45) is 0 Å². The fraction of sp³-hybridized carbons (Fsp3) is 0.214. The van der Waals surface area contributed by atoms with E-state index in [1.807, 2.05) is 5.32 Å². The Bertz CT molecular complexity index is 2790. The minimum atomic E-state index is -5.00. The predicted molar refractivity (Wildman–Crippen MR) is 225 cm³/mol. The van der Waals surface area contributed by atoms with Crippen LogP contribution in [0.3, 0.4) is 0 Å². The molecule has 5 aromatic carbocycles. The Morgan fingerprint density at radius 1 is 0.790 bits per heavy atom. The topological polar surface area (TPSA) is 241 Å². The summed E-state index contributed by atoms with van der Waals surface area (Å²) in [7, 11) is -5.12. The molecule has 322 valence electrons. The molecule has 1 atom stereocenters. The molecule has 18 nitrogen and oxygen atoms in total. The maximum Gasteiger partial charge on any atom is 0.404 e. The molecule has 0 spiro atoms. The van der Waals surface area contributed by atoms with Gasteiger partial charge in [0.15, 0.2) is 15.9 Å². The molecule has 0 fully saturated rings. The number of benzene rings is 5. The first-order valence-electron chi connectivity index (χ1n) is 18.9. The summed E-state index contributed by atoms with van der Waals surface area (Å²) in [6.07, 6.45) is -3.01. The Hall–Kier alpha value is -6.87. The van der Waals surface area contributed by atoms with Crippen LogP contribution < -0.4 is 24.8 Å². The van der Waals surface area contributed by atoms with Crippen molar-refractivity contribution in [3.05, 3.63) is 125 Å². The standard InChI is InChI=1S/C42H41N7O11S2/c1-58-29-13-7-26(8-14-29)23-48(24-27-9-15-30(59-2)16-10-27)62(56,57)39-35(61(54,55)22-21-43-42(52)53)20-19-32(33-5-4-6-34-37(33)44-41(51)38(34)50)36(39)40-45-47-49(46-40)25-28-11-17-31(60-3)18-12-28/h4-20,38,43,50H,21-25H2,1-3H3,(H,44,51)(H,52,53). The van der Waals surface area contributed by atoms with Crippen LogP contribution in [0.15, 0.2) is 113 Å². The number of methoxy groups -OCH3 is 3. The first-order valence-corrected chi connectivity index (χ1v) is 22.0. The molecule has 0 aliphatic carbocycles. The normalized spacial score (nSPS) is 13.7. The average Bonchev–Trinajstić information content (AvgIpc) is 3.85. The van der Waals surface area contributed by atoms with Gasteiger partial charge in [0.2, 0.25) is 15.8 Å². The quantitative estimate of drug-likeness (QED) is 0.0987. The molecule has 1 unspecified atom stereocenters. The van der Waals surface area contributed by atoms with E-state index in [-0.39, 0.29) is 53.4 Å². The summed E-state index contributed by atoms with van der Waals surface area (Å²) in [5.41, 5.74) is 2.16. The third kappa shape index (κ3) is 9.08. The number of rotatable bonds is 17. The van der Waals surface area contributed by atoms with E-state index >= 15 is 8.42 Å². The zero-order chi connectivity index (χ0) is 44.2. The SMILES string of the molecule is COc1ccc(CN(Cc2ccc(OC)cc2)S(=O)(=O)c2c(S(=O)(=O)CCNC(=O)O)ccc(-c3cccc4c3NC(=O)C4O)c2-c2nnn(Cc3ccc(OC)cc3)n2)cc1. The average molecular weight is 884 g/mol. The van der Waals surface area contributed by atoms with Gasteiger partial charge in [-0.15, -0.1) is 10.2 Å². The monoisotopic (exact) mass is 883 g/mol. The van der Waals surface area contributed by atoms with Crippen LogP contribution in [0.1, 0.15) is 28.4 Å². The van der Waals surface area contributed by atoms with Gasteiger partial charge in [-0.25, -0.2) is 21.6 Å². The molecule has 62 heavy (non-hydrogen) atoms. The number of tetrazole rings is 1. The van der Waals surface area contributed by atoms with E-state index in [0.717, 1.165) is 15.9 Å². The lowest BCUT2D eigenvalue weighted by Crippen LogP contribution is -2.33. The van der Waals surface area contributed by atoms with Crippen LogP contribution in [0.4, 0.5) is 10.5 Å². The highest BCUT2D eigenvalue weighted by molar-refractivity contribution is 7.93. The number of anilines is 1. The molecule has 0 saturated heterocycles. The zero-order valence-corrected chi connectivity index (χ0v) is 35.2. The summed E-state index contributed by atoms with van der Waals surface area (Å²) in [5, 5.41) is 37.9. The van der Waals surface area contributed by atoms with E-state index < -0.39 is 60.1 Å². The Morgan fingerprint density at radius 2 is 1.35 bits per heavy atom. The smallest absolute Gasteiger partial charge is 0.404 e. The summed E-state index contributed by atoms with van der Waals surface area (Å²) in [5.74, 6) is -0.178. The second-order valence-electron chi connectivity index (χ2n) is 14.0. The van der Waals surface area contributed by atoms with Crippen LogP contribution in [-0.4, -0.2) is 97.2 Å². The molecule has 7 rings (SSSR count). The number of hydrogen-bond acceptors (Lipinski definition) is 13. The van der Waals surface area contributed by atoms with Crippen molar-refractivity contribution >= 4 is 37.5 Å². The molecule has 20 heteroatoms. The Morgan fingerprint density at radius 3 is 1.90 bits per heavy atom. The number of fused-ring (bicyclic) bond motifs is 1. The number of carbonyl (C=O) groups is 2. The number of sulfonamides is 1. The summed E-state index contributed by atoms with van der Waals surface area (Å²) < 4.78 is 77.6. The van der Waals surface area contributed by atoms with E-state index in [1.165, 1.54) is 38.3 Å². The number of carboxylic acid groups (broad SMARTS) is 1. The highest BCUT2D eigenvalue weighted by atomic mass is 32.2. The van der Waals surface area contributed by atoms with Gasteiger partial charge in [0.1, 0.15) is 22.1 Å². The third-order valence-corrected chi connectivity index (χ3v) is 13.8. The number of nitrogens with one attached hydrogen (secondary N) is 2. The van der Waals surface area contributed by atoms with E-state index in [9.17, 15) is 28.2 Å². The van der Waals surface area contributed by atoms with Crippen LogP contribution in [0.25, 0.3) is 22.5 Å². The van der Waals surface area contributed by atoms with Gasteiger partial charge in [-0.3, -0.25) is 4.79 Å². The van der Waals surface area contributed by atoms with Gasteiger partial charge < -0.3 is 35.1 Å². The van der Waals surface area contributed by atoms with Crippen molar-refractivity contribution in [1.29, 1.82) is 0 Å². The van der Waals surface area contributed by atoms with Gasteiger partial charge >= 0.3 is 6.09 Å². The first kappa shape index (κ1) is 43.2. The van der Waals surface area contributed by atoms with E-state index in [2.05, 4.69) is 20.7 Å². The molecule has 4 N–H and O–H groups in total. The van der Waals surface area contributed by atoms with Crippen molar-refractivity contribution in [2.75, 3.05) is 38.9 Å². The first-order chi connectivity index (χ1) is 29.7. The number of aliphatic hydroxyl groups is 1. The third-order valence-electron chi connectivity index (χ3n) is 10.1. The van der Waals surface area contributed by atoms with Crippen molar-refractivity contribution in [2.45, 2.75) is 35.5 Å². The van der Waals surface area contributed by atoms with Crippen LogP contribution >= 0.6 is 0 Å². The fourth-order valence-electron chi connectivity index (χ4n) is 6.94. The minimum absolute atomic E-state index is 0.0668. The Labute approximate surface area is 356 Å². The van der Waals surface area contributed by atoms with Gasteiger partial charge in [-0.2, -0.15) is 9.10 Å². The highest BCUT2D eigenvalue weighted by Crippen LogP contribution is 2.46. The van der Waals surface area contributed by atoms with E-state index in [1.54, 1.807) is 84.9 Å². The molecular formula is C42H41N7O11S2. The zero-order valence-electron chi connectivity index (χ0n) is 33.5. The number of hydrogen-bond donors (Lipinski definition) is 4. The molecule has 0 saturated carbocycles. The largest absolute Gasteiger partial charge is 0.497 e. The number of aromatic nitrogens is 4. The molecule has 2 amide bonds. The molecule has 0 bridgehead atoms. The minimum Gasteiger partial charge on any atom is -0.497 e. The number of para-hydroxylation sites is 1. The molecule has 0 radical (unpaired) electrons. The molecule has 6 aromatic rings. The van der Waals surface area contributed by atoms with Gasteiger partial charge in [0.05, 0.1) is 49.8 Å². The number of carbonyl (C=O) groups excluding carboxylic acids is 1. The van der Waals surface area contributed by atoms with Gasteiger partial charge in [-0.05, 0) is 69.9 Å². The van der Waals surface area contributed by atoms with Gasteiger partial charge in [0, 0.05) is 30.8 Å². The lowest BCUT2D eigenvalue weighted by molar-refractivity contribution is -0.123. The van der Waals surface area contributed by atoms with Crippen molar-refractivity contribution in [1.82, 2.24) is 29.8 Å². The number of ether oxygens (including phenoxy) is 3. The molecule has 2 heterocycles. The number of aliphatic hydroxyl groups excluding tert-OH is 1. The van der Waals surface area contributed by atoms with E-state index in [4.69, 9.17) is 14.2 Å². The van der Waals surface area contributed by atoms with Crippen LogP contribution in [0, 0.1) is 0 Å². The number of nitrogens with zero attached hydrogens (tertiary/aromatic N) is 5.